The highest BCUT2D eigenvalue weighted by Crippen LogP contribution is 2.08. The van der Waals surface area contributed by atoms with E-state index >= 15 is 0 Å². The largest absolute Gasteiger partial charge is 0.353 e. The van der Waals surface area contributed by atoms with Crippen LogP contribution in [-0.4, -0.2) is 44.2 Å². The second-order valence-electron chi connectivity index (χ2n) is 7.67. The molecule has 2 aromatic heterocycles. The van der Waals surface area contributed by atoms with Crippen molar-refractivity contribution >= 4 is 22.8 Å². The number of aromatic nitrogens is 4. The number of aryl methyl sites for hydroxylation is 1. The third kappa shape index (κ3) is 5.32. The molecule has 168 valence electrons. The van der Waals surface area contributed by atoms with Crippen LogP contribution in [0.5, 0.6) is 0 Å². The second kappa shape index (κ2) is 9.90. The van der Waals surface area contributed by atoms with Crippen LogP contribution in [0, 0.1) is 6.92 Å². The van der Waals surface area contributed by atoms with Gasteiger partial charge in [-0.1, -0.05) is 48.0 Å². The zero-order valence-corrected chi connectivity index (χ0v) is 18.2. The van der Waals surface area contributed by atoms with Crippen molar-refractivity contribution in [3.63, 3.8) is 0 Å². The van der Waals surface area contributed by atoms with Gasteiger partial charge in [0.05, 0.1) is 25.8 Å². The van der Waals surface area contributed by atoms with Crippen LogP contribution in [-0.2, 0) is 17.9 Å². The Kier molecular flexibility index (Phi) is 6.58. The molecule has 0 bridgehead atoms. The number of hydrogen-bond donors (Lipinski definition) is 2. The Morgan fingerprint density at radius 3 is 2.64 bits per heavy atom. The first-order valence-corrected chi connectivity index (χ1v) is 10.6. The van der Waals surface area contributed by atoms with E-state index in [1.54, 1.807) is 33.5 Å². The normalized spacial score (nSPS) is 10.8. The Balaban J connectivity index is 1.33. The van der Waals surface area contributed by atoms with E-state index in [9.17, 15) is 14.4 Å². The maximum absolute atomic E-state index is 12.8. The van der Waals surface area contributed by atoms with Gasteiger partial charge in [-0.05, 0) is 24.6 Å². The molecule has 4 rings (SSSR count). The molecule has 0 aliphatic carbocycles. The molecule has 0 aliphatic rings. The van der Waals surface area contributed by atoms with Crippen molar-refractivity contribution in [1.82, 2.24) is 30.0 Å². The van der Waals surface area contributed by atoms with Crippen LogP contribution < -0.4 is 16.2 Å². The third-order valence-corrected chi connectivity index (χ3v) is 5.15. The predicted molar refractivity (Wildman–Crippen MR) is 124 cm³/mol. The van der Waals surface area contributed by atoms with Crippen LogP contribution in [0.15, 0.2) is 71.9 Å². The van der Waals surface area contributed by atoms with Gasteiger partial charge in [-0.15, -0.1) is 0 Å². The summed E-state index contributed by atoms with van der Waals surface area (Å²) in [5, 5.41) is 9.98. The summed E-state index contributed by atoms with van der Waals surface area (Å²) >= 11 is 0. The Morgan fingerprint density at radius 2 is 1.85 bits per heavy atom. The molecule has 2 aromatic carbocycles. The minimum Gasteiger partial charge on any atom is -0.353 e. The SMILES string of the molecule is Cc1cccc(Cn2cnc3c(cnn3CCNC(=O)CNC(=O)c3ccccc3)c2=O)c1. The number of carbonyl (C=O) groups excluding carboxylic acids is 2. The standard InChI is InChI=1S/C24H24N6O3/c1-17-6-5-7-18(12-17)15-29-16-27-22-20(24(29)33)13-28-30(22)11-10-25-21(31)14-26-23(32)19-8-3-2-4-9-19/h2-9,12-13,16H,10-11,14-15H2,1H3,(H,25,31)(H,26,32). The lowest BCUT2D eigenvalue weighted by Gasteiger charge is -2.08. The summed E-state index contributed by atoms with van der Waals surface area (Å²) in [6.45, 7) is 2.93. The Hall–Kier alpha value is -4.27. The number of fused-ring (bicyclic) bond motifs is 1. The molecule has 4 aromatic rings. The van der Waals surface area contributed by atoms with Crippen molar-refractivity contribution in [3.05, 3.63) is 94.2 Å². The zero-order valence-electron chi connectivity index (χ0n) is 18.2. The quantitative estimate of drug-likeness (QED) is 0.428. The fourth-order valence-corrected chi connectivity index (χ4v) is 3.50. The van der Waals surface area contributed by atoms with Gasteiger partial charge in [0.15, 0.2) is 5.65 Å². The van der Waals surface area contributed by atoms with Gasteiger partial charge in [0.2, 0.25) is 5.91 Å². The van der Waals surface area contributed by atoms with Gasteiger partial charge in [-0.3, -0.25) is 19.0 Å². The molecule has 0 saturated carbocycles. The van der Waals surface area contributed by atoms with Gasteiger partial charge in [0, 0.05) is 12.1 Å². The van der Waals surface area contributed by atoms with Gasteiger partial charge >= 0.3 is 0 Å². The second-order valence-corrected chi connectivity index (χ2v) is 7.67. The van der Waals surface area contributed by atoms with Gasteiger partial charge in [0.25, 0.3) is 11.5 Å². The van der Waals surface area contributed by atoms with Gasteiger partial charge in [-0.2, -0.15) is 5.10 Å². The molecule has 9 heteroatoms. The van der Waals surface area contributed by atoms with E-state index in [1.165, 1.54) is 12.5 Å². The molecule has 0 fully saturated rings. The molecular formula is C24H24N6O3. The molecule has 0 aliphatic heterocycles. The van der Waals surface area contributed by atoms with Gasteiger partial charge in [0.1, 0.15) is 11.7 Å². The molecule has 0 unspecified atom stereocenters. The van der Waals surface area contributed by atoms with E-state index in [2.05, 4.69) is 20.7 Å². The number of nitrogens with zero attached hydrogens (tertiary/aromatic N) is 4. The summed E-state index contributed by atoms with van der Waals surface area (Å²) < 4.78 is 3.14. The molecule has 9 nitrogen and oxygen atoms in total. The lowest BCUT2D eigenvalue weighted by atomic mass is 10.1. The molecule has 2 heterocycles. The average Bonchev–Trinajstić information content (AvgIpc) is 3.23. The number of hydrogen-bond acceptors (Lipinski definition) is 5. The fourth-order valence-electron chi connectivity index (χ4n) is 3.50. The van der Waals surface area contributed by atoms with Crippen LogP contribution in [0.25, 0.3) is 11.0 Å². The minimum atomic E-state index is -0.316. The monoisotopic (exact) mass is 444 g/mol. The Morgan fingerprint density at radius 1 is 1.03 bits per heavy atom. The Bertz CT molecular complexity index is 1340. The van der Waals surface area contributed by atoms with Gasteiger partial charge < -0.3 is 10.6 Å². The Labute approximate surface area is 190 Å². The van der Waals surface area contributed by atoms with Crippen molar-refractivity contribution in [3.8, 4) is 0 Å². The summed E-state index contributed by atoms with van der Waals surface area (Å²) in [5.41, 5.74) is 2.94. The lowest BCUT2D eigenvalue weighted by Crippen LogP contribution is -2.38. The van der Waals surface area contributed by atoms with E-state index in [1.807, 2.05) is 37.3 Å². The highest BCUT2D eigenvalue weighted by atomic mass is 16.2. The van der Waals surface area contributed by atoms with Crippen LogP contribution in [0.1, 0.15) is 21.5 Å². The number of nitrogens with one attached hydrogen (secondary N) is 2. The first kappa shape index (κ1) is 21.9. The summed E-state index contributed by atoms with van der Waals surface area (Å²) in [5.74, 6) is -0.626. The molecule has 0 saturated heterocycles. The van der Waals surface area contributed by atoms with E-state index < -0.39 is 0 Å². The zero-order chi connectivity index (χ0) is 23.2. The van der Waals surface area contributed by atoms with E-state index in [0.29, 0.717) is 29.7 Å². The molecule has 0 spiro atoms. The van der Waals surface area contributed by atoms with Crippen LogP contribution in [0.4, 0.5) is 0 Å². The number of amides is 2. The van der Waals surface area contributed by atoms with Gasteiger partial charge in [-0.25, -0.2) is 9.67 Å². The maximum atomic E-state index is 12.8. The average molecular weight is 444 g/mol. The number of rotatable bonds is 8. The first-order valence-electron chi connectivity index (χ1n) is 10.6. The maximum Gasteiger partial charge on any atom is 0.264 e. The summed E-state index contributed by atoms with van der Waals surface area (Å²) in [7, 11) is 0. The predicted octanol–water partition coefficient (Wildman–Crippen LogP) is 1.50. The summed E-state index contributed by atoms with van der Waals surface area (Å²) in [6.07, 6.45) is 3.02. The van der Waals surface area contributed by atoms with Crippen molar-refractivity contribution in [2.24, 2.45) is 0 Å². The molecular weight excluding hydrogens is 420 g/mol. The molecule has 2 amide bonds. The third-order valence-electron chi connectivity index (χ3n) is 5.15. The lowest BCUT2D eigenvalue weighted by molar-refractivity contribution is -0.120. The van der Waals surface area contributed by atoms with Crippen molar-refractivity contribution in [1.29, 1.82) is 0 Å². The van der Waals surface area contributed by atoms with E-state index in [4.69, 9.17) is 0 Å². The van der Waals surface area contributed by atoms with Crippen LogP contribution in [0.2, 0.25) is 0 Å². The topological polar surface area (TPSA) is 111 Å². The summed E-state index contributed by atoms with van der Waals surface area (Å²) in [4.78, 5) is 41.3. The van der Waals surface area contributed by atoms with Crippen LogP contribution >= 0.6 is 0 Å². The highest BCUT2D eigenvalue weighted by Gasteiger charge is 2.11. The first-order chi connectivity index (χ1) is 16.0. The smallest absolute Gasteiger partial charge is 0.264 e. The molecule has 33 heavy (non-hydrogen) atoms. The van der Waals surface area contributed by atoms with Crippen molar-refractivity contribution in [2.45, 2.75) is 20.0 Å². The molecule has 0 radical (unpaired) electrons. The van der Waals surface area contributed by atoms with Crippen molar-refractivity contribution < 1.29 is 9.59 Å². The number of benzene rings is 2. The fraction of sp³-hybridized carbons (Fsp3) is 0.208. The summed E-state index contributed by atoms with van der Waals surface area (Å²) in [6, 6.07) is 16.7. The highest BCUT2D eigenvalue weighted by molar-refractivity contribution is 5.96. The molecule has 2 N–H and O–H groups in total. The molecule has 0 atom stereocenters. The number of carbonyl (C=O) groups is 2. The minimum absolute atomic E-state index is 0.129. The van der Waals surface area contributed by atoms with E-state index in [-0.39, 0.29) is 30.5 Å². The van der Waals surface area contributed by atoms with E-state index in [0.717, 1.165) is 11.1 Å². The van der Waals surface area contributed by atoms with Crippen molar-refractivity contribution in [2.75, 3.05) is 13.1 Å². The van der Waals surface area contributed by atoms with Crippen LogP contribution in [0.3, 0.4) is 0 Å².